The van der Waals surface area contributed by atoms with Gasteiger partial charge in [0.05, 0.1) is 12.0 Å². The molecule has 0 atom stereocenters. The minimum Gasteiger partial charge on any atom is -0.370 e. The maximum absolute atomic E-state index is 12.1. The van der Waals surface area contributed by atoms with Crippen LogP contribution in [0.25, 0.3) is 0 Å². The monoisotopic (exact) mass is 257 g/mol. The van der Waals surface area contributed by atoms with Crippen molar-refractivity contribution in [3.05, 3.63) is 0 Å². The van der Waals surface area contributed by atoms with Crippen LogP contribution in [0.15, 0.2) is 0 Å². The first-order chi connectivity index (χ1) is 8.60. The van der Waals surface area contributed by atoms with Gasteiger partial charge in [-0.25, -0.2) is 0 Å². The van der Waals surface area contributed by atoms with E-state index < -0.39 is 11.3 Å². The Labute approximate surface area is 107 Å². The number of rotatable bonds is 7. The Morgan fingerprint density at radius 2 is 1.89 bits per heavy atom. The van der Waals surface area contributed by atoms with E-state index in [0.717, 1.165) is 25.7 Å². The molecule has 18 heavy (non-hydrogen) atoms. The van der Waals surface area contributed by atoms with Crippen molar-refractivity contribution in [1.82, 2.24) is 5.32 Å². The topological polar surface area (TPSA) is 107 Å². The van der Waals surface area contributed by atoms with Crippen LogP contribution < -0.4 is 16.8 Å². The maximum Gasteiger partial charge on any atom is 0.243 e. The molecule has 2 amide bonds. The van der Waals surface area contributed by atoms with Crippen molar-refractivity contribution in [3.8, 4) is 0 Å². The molecule has 104 valence electrons. The third-order valence-corrected chi connectivity index (χ3v) is 3.46. The number of nitrogens with one attached hydrogen (secondary N) is 1. The maximum atomic E-state index is 12.1. The Bertz CT molecular complexity index is 288. The van der Waals surface area contributed by atoms with Gasteiger partial charge in [-0.05, 0) is 12.8 Å². The summed E-state index contributed by atoms with van der Waals surface area (Å²) in [7, 11) is 0. The fourth-order valence-corrected chi connectivity index (χ4v) is 2.35. The van der Waals surface area contributed by atoms with E-state index in [-0.39, 0.29) is 19.1 Å². The largest absolute Gasteiger partial charge is 0.370 e. The van der Waals surface area contributed by atoms with Crippen LogP contribution in [-0.4, -0.2) is 38.1 Å². The van der Waals surface area contributed by atoms with Crippen LogP contribution in [0.4, 0.5) is 0 Å². The van der Waals surface area contributed by atoms with Gasteiger partial charge < -0.3 is 21.5 Å². The van der Waals surface area contributed by atoms with Crippen molar-refractivity contribution in [2.75, 3.05) is 26.3 Å². The van der Waals surface area contributed by atoms with Gasteiger partial charge in [-0.1, -0.05) is 19.3 Å². The van der Waals surface area contributed by atoms with Crippen LogP contribution in [0.3, 0.4) is 0 Å². The average Bonchev–Trinajstić information content (AvgIpc) is 2.38. The molecule has 6 heteroatoms. The zero-order valence-electron chi connectivity index (χ0n) is 10.7. The quantitative estimate of drug-likeness (QED) is 0.535. The first kappa shape index (κ1) is 14.9. The number of ether oxygens (including phenoxy) is 1. The lowest BCUT2D eigenvalue weighted by Crippen LogP contribution is -2.47. The zero-order valence-corrected chi connectivity index (χ0v) is 10.7. The zero-order chi connectivity index (χ0) is 13.4. The third kappa shape index (κ3) is 4.27. The number of hydrogen-bond acceptors (Lipinski definition) is 4. The number of primary amides is 1. The van der Waals surface area contributed by atoms with E-state index in [4.69, 9.17) is 16.2 Å². The molecule has 0 aliphatic heterocycles. The second kappa shape index (κ2) is 7.33. The van der Waals surface area contributed by atoms with Crippen molar-refractivity contribution in [3.63, 3.8) is 0 Å². The van der Waals surface area contributed by atoms with E-state index >= 15 is 0 Å². The Morgan fingerprint density at radius 1 is 1.22 bits per heavy atom. The van der Waals surface area contributed by atoms with Gasteiger partial charge in [0.2, 0.25) is 11.8 Å². The van der Waals surface area contributed by atoms with Gasteiger partial charge in [0.1, 0.15) is 6.61 Å². The first-order valence-corrected chi connectivity index (χ1v) is 6.45. The summed E-state index contributed by atoms with van der Waals surface area (Å²) < 4.78 is 4.98. The first-order valence-electron chi connectivity index (χ1n) is 6.45. The van der Waals surface area contributed by atoms with E-state index in [0.29, 0.717) is 13.1 Å². The van der Waals surface area contributed by atoms with Crippen LogP contribution in [0.2, 0.25) is 0 Å². The van der Waals surface area contributed by atoms with Gasteiger partial charge in [0.25, 0.3) is 0 Å². The van der Waals surface area contributed by atoms with Crippen LogP contribution in [0, 0.1) is 5.41 Å². The standard InChI is InChI=1S/C12H23N3O3/c13-9-12(4-2-1-3-5-12)11(17)15-6-7-18-8-10(14)16/h1-9,13H2,(H2,14,16)(H,15,17). The molecule has 1 fully saturated rings. The van der Waals surface area contributed by atoms with Crippen LogP contribution >= 0.6 is 0 Å². The molecule has 5 N–H and O–H groups in total. The molecule has 0 heterocycles. The minimum absolute atomic E-state index is 0.00683. The van der Waals surface area contributed by atoms with Crippen molar-refractivity contribution >= 4 is 11.8 Å². The molecule has 0 radical (unpaired) electrons. The van der Waals surface area contributed by atoms with Crippen LogP contribution in [0.5, 0.6) is 0 Å². The molecule has 1 aliphatic rings. The molecular formula is C12H23N3O3. The van der Waals surface area contributed by atoms with E-state index in [2.05, 4.69) is 5.32 Å². The Kier molecular flexibility index (Phi) is 6.07. The minimum atomic E-state index is -0.507. The van der Waals surface area contributed by atoms with Gasteiger partial charge in [-0.2, -0.15) is 0 Å². The highest BCUT2D eigenvalue weighted by Gasteiger charge is 2.37. The lowest BCUT2D eigenvalue weighted by Gasteiger charge is -2.34. The van der Waals surface area contributed by atoms with Gasteiger partial charge in [-0.15, -0.1) is 0 Å². The highest BCUT2D eigenvalue weighted by atomic mass is 16.5. The highest BCUT2D eigenvalue weighted by molar-refractivity contribution is 5.83. The molecule has 1 aliphatic carbocycles. The molecule has 0 unspecified atom stereocenters. The van der Waals surface area contributed by atoms with Crippen LogP contribution in [0.1, 0.15) is 32.1 Å². The fourth-order valence-electron chi connectivity index (χ4n) is 2.35. The molecule has 0 bridgehead atoms. The lowest BCUT2D eigenvalue weighted by molar-refractivity contribution is -0.132. The molecule has 0 spiro atoms. The van der Waals surface area contributed by atoms with E-state index in [9.17, 15) is 9.59 Å². The summed E-state index contributed by atoms with van der Waals surface area (Å²) in [5.74, 6) is -0.501. The molecule has 1 saturated carbocycles. The fraction of sp³-hybridized carbons (Fsp3) is 0.833. The molecule has 6 nitrogen and oxygen atoms in total. The molecule has 1 rings (SSSR count). The van der Waals surface area contributed by atoms with Crippen molar-refractivity contribution in [2.24, 2.45) is 16.9 Å². The van der Waals surface area contributed by atoms with Crippen LogP contribution in [-0.2, 0) is 14.3 Å². The third-order valence-electron chi connectivity index (χ3n) is 3.46. The van der Waals surface area contributed by atoms with Crippen molar-refractivity contribution < 1.29 is 14.3 Å². The number of amides is 2. The smallest absolute Gasteiger partial charge is 0.243 e. The number of carbonyl (C=O) groups excluding carboxylic acids is 2. The summed E-state index contributed by atoms with van der Waals surface area (Å²) in [4.78, 5) is 22.5. The second-order valence-corrected chi connectivity index (χ2v) is 4.82. The van der Waals surface area contributed by atoms with Gasteiger partial charge in [0, 0.05) is 13.1 Å². The summed E-state index contributed by atoms with van der Waals surface area (Å²) in [5.41, 5.74) is 10.3. The Morgan fingerprint density at radius 3 is 2.44 bits per heavy atom. The second-order valence-electron chi connectivity index (χ2n) is 4.82. The summed E-state index contributed by atoms with van der Waals surface area (Å²) in [6.45, 7) is 0.947. The van der Waals surface area contributed by atoms with E-state index in [1.54, 1.807) is 0 Å². The van der Waals surface area contributed by atoms with Gasteiger partial charge in [0.15, 0.2) is 0 Å². The number of hydrogen-bond donors (Lipinski definition) is 3. The van der Waals surface area contributed by atoms with E-state index in [1.807, 2.05) is 0 Å². The Hall–Kier alpha value is -1.14. The summed E-state index contributed by atoms with van der Waals surface area (Å²) >= 11 is 0. The number of carbonyl (C=O) groups is 2. The predicted octanol–water partition coefficient (Wildman–Crippen LogP) is -0.486. The SMILES string of the molecule is NCC1(C(=O)NCCOCC(N)=O)CCCCC1. The molecule has 0 aromatic heterocycles. The normalized spacial score (nSPS) is 18.3. The Balaban J connectivity index is 2.27. The molecule has 0 saturated heterocycles. The summed E-state index contributed by atoms with van der Waals surface area (Å²) in [5, 5.41) is 2.82. The van der Waals surface area contributed by atoms with Gasteiger partial charge in [-0.3, -0.25) is 9.59 Å². The summed E-state index contributed by atoms with van der Waals surface area (Å²) in [6, 6.07) is 0. The van der Waals surface area contributed by atoms with Crippen molar-refractivity contribution in [1.29, 1.82) is 0 Å². The van der Waals surface area contributed by atoms with E-state index in [1.165, 1.54) is 6.42 Å². The molecule has 0 aromatic carbocycles. The predicted molar refractivity (Wildman–Crippen MR) is 67.6 cm³/mol. The van der Waals surface area contributed by atoms with Crippen molar-refractivity contribution in [2.45, 2.75) is 32.1 Å². The molecule has 0 aromatic rings. The highest BCUT2D eigenvalue weighted by Crippen LogP contribution is 2.35. The average molecular weight is 257 g/mol. The lowest BCUT2D eigenvalue weighted by atomic mass is 9.73. The summed E-state index contributed by atoms with van der Waals surface area (Å²) in [6.07, 6.45) is 5.01. The molecular weight excluding hydrogens is 234 g/mol. The van der Waals surface area contributed by atoms with Gasteiger partial charge >= 0.3 is 0 Å². The number of nitrogens with two attached hydrogens (primary N) is 2.